The number of ether oxygens (including phenoxy) is 1. The van der Waals surface area contributed by atoms with Gasteiger partial charge in [-0.2, -0.15) is 0 Å². The number of imidazole rings is 1. The number of hydrogen-bond acceptors (Lipinski definition) is 5. The summed E-state index contributed by atoms with van der Waals surface area (Å²) < 4.78 is 7.72. The van der Waals surface area contributed by atoms with Crippen LogP contribution in [0, 0.1) is 6.92 Å². The van der Waals surface area contributed by atoms with E-state index in [1.807, 2.05) is 58.2 Å². The van der Waals surface area contributed by atoms with Crippen molar-refractivity contribution in [3.63, 3.8) is 0 Å². The zero-order valence-corrected chi connectivity index (χ0v) is 25.4. The van der Waals surface area contributed by atoms with Gasteiger partial charge in [0.05, 0.1) is 29.1 Å². The topological polar surface area (TPSA) is 58.9 Å². The number of Topliss-reactive ketones (excluding diaryl/α,β-unsaturated/α-hetero) is 1. The molecule has 0 atom stereocenters. The Morgan fingerprint density at radius 1 is 0.974 bits per heavy atom. The van der Waals surface area contributed by atoms with E-state index in [4.69, 9.17) is 32.9 Å². The number of methoxy groups -OCH3 is 1. The number of aromatic amines is 1. The van der Waals surface area contributed by atoms with Crippen molar-refractivity contribution in [3.05, 3.63) is 80.6 Å². The van der Waals surface area contributed by atoms with E-state index in [0.717, 1.165) is 62.2 Å². The smallest absolute Gasteiger partial charge is 0.402 e. The molecule has 0 saturated carbocycles. The Bertz CT molecular complexity index is 1530. The van der Waals surface area contributed by atoms with E-state index in [9.17, 15) is 4.79 Å². The summed E-state index contributed by atoms with van der Waals surface area (Å²) in [5, 5.41) is 1.14. The number of benzene rings is 2. The van der Waals surface area contributed by atoms with Gasteiger partial charge in [-0.3, -0.25) is 4.79 Å². The van der Waals surface area contributed by atoms with E-state index in [0.29, 0.717) is 10.0 Å². The molecule has 198 valence electrons. The van der Waals surface area contributed by atoms with Gasteiger partial charge in [-0.15, -0.1) is 0 Å². The molecule has 9 heteroatoms. The molecule has 0 aliphatic heterocycles. The fourth-order valence-corrected chi connectivity index (χ4v) is 7.84. The number of nitrogens with one attached hydrogen (secondary N) is 1. The second kappa shape index (κ2) is 10.1. The number of ketones is 1. The quantitative estimate of drug-likeness (QED) is 0.137. The molecule has 0 saturated heterocycles. The highest BCUT2D eigenvalue weighted by Crippen LogP contribution is 2.47. The predicted molar refractivity (Wildman–Crippen MR) is 159 cm³/mol. The van der Waals surface area contributed by atoms with Gasteiger partial charge in [-0.05, 0) is 75.6 Å². The molecule has 5 nitrogen and oxygen atoms in total. The number of nitrogens with zero attached hydrogens (tertiary/aromatic N) is 2. The third-order valence-corrected chi connectivity index (χ3v) is 10.5. The van der Waals surface area contributed by atoms with Crippen LogP contribution in [0.15, 0.2) is 42.6 Å². The number of fused-ring (bicyclic) bond motifs is 2. The van der Waals surface area contributed by atoms with E-state index < -0.39 is 10.8 Å². The molecule has 1 N–H and O–H groups in total. The van der Waals surface area contributed by atoms with Gasteiger partial charge in [-0.25, -0.2) is 9.55 Å². The van der Waals surface area contributed by atoms with Crippen molar-refractivity contribution >= 4 is 61.6 Å². The highest BCUT2D eigenvalue weighted by molar-refractivity contribution is 8.76. The van der Waals surface area contributed by atoms with Gasteiger partial charge in [0.1, 0.15) is 17.0 Å². The van der Waals surface area contributed by atoms with Crippen molar-refractivity contribution in [2.24, 2.45) is 0 Å². The zero-order chi connectivity index (χ0) is 27.4. The minimum atomic E-state index is -0.538. The fraction of sp³-hybridized carbons (Fsp3) is 0.345. The molecule has 5 rings (SSSR count). The van der Waals surface area contributed by atoms with Gasteiger partial charge in [-0.1, -0.05) is 55.8 Å². The number of rotatable bonds is 7. The van der Waals surface area contributed by atoms with Gasteiger partial charge < -0.3 is 4.74 Å². The van der Waals surface area contributed by atoms with Crippen LogP contribution < -0.4 is 9.30 Å². The highest BCUT2D eigenvalue weighted by Gasteiger charge is 2.50. The average molecular weight is 588 g/mol. The molecule has 0 bridgehead atoms. The SMILES string of the molecule is COc1cc[n+](-c2nc3cc4c(cc3[nH]2)C(C)(C)C(=O)C4(C)C)c(CSSCc2ccc(Cl)c(Cl)c2)c1C. The average Bonchev–Trinajstić information content (AvgIpc) is 3.35. The summed E-state index contributed by atoms with van der Waals surface area (Å²) in [6.07, 6.45) is 1.99. The molecule has 0 fully saturated rings. The molecule has 0 radical (unpaired) electrons. The number of halogens is 2. The lowest BCUT2D eigenvalue weighted by Crippen LogP contribution is -2.37. The molecular weight excluding hydrogens is 557 g/mol. The summed E-state index contributed by atoms with van der Waals surface area (Å²) in [4.78, 5) is 21.6. The van der Waals surface area contributed by atoms with Crippen molar-refractivity contribution in [2.75, 3.05) is 7.11 Å². The van der Waals surface area contributed by atoms with Gasteiger partial charge in [0, 0.05) is 28.2 Å². The predicted octanol–water partition coefficient (Wildman–Crippen LogP) is 7.68. The van der Waals surface area contributed by atoms with Crippen LogP contribution in [-0.4, -0.2) is 22.9 Å². The van der Waals surface area contributed by atoms with Gasteiger partial charge in [0.15, 0.2) is 11.3 Å². The Morgan fingerprint density at radius 2 is 1.66 bits per heavy atom. The number of aromatic nitrogens is 3. The molecule has 2 heterocycles. The first-order valence-electron chi connectivity index (χ1n) is 12.3. The van der Waals surface area contributed by atoms with Gasteiger partial charge in [0.2, 0.25) is 0 Å². The number of hydrogen-bond donors (Lipinski definition) is 1. The lowest BCUT2D eigenvalue weighted by Gasteiger charge is -2.21. The first-order valence-corrected chi connectivity index (χ1v) is 15.6. The highest BCUT2D eigenvalue weighted by atomic mass is 35.5. The van der Waals surface area contributed by atoms with Crippen LogP contribution >= 0.6 is 44.8 Å². The zero-order valence-electron chi connectivity index (χ0n) is 22.2. The summed E-state index contributed by atoms with van der Waals surface area (Å²) >= 11 is 12.2. The normalized spacial score (nSPS) is 15.7. The third kappa shape index (κ3) is 4.61. The summed E-state index contributed by atoms with van der Waals surface area (Å²) in [6.45, 7) is 10.1. The van der Waals surface area contributed by atoms with Crippen molar-refractivity contribution < 1.29 is 14.1 Å². The Labute approximate surface area is 241 Å². The van der Waals surface area contributed by atoms with E-state index in [1.165, 1.54) is 0 Å². The molecule has 1 aliphatic carbocycles. The number of H-pyrrole nitrogens is 1. The van der Waals surface area contributed by atoms with Crippen LogP contribution in [0.5, 0.6) is 5.75 Å². The molecular formula is C29H30Cl2N3O2S2+. The molecule has 0 spiro atoms. The van der Waals surface area contributed by atoms with Crippen LogP contribution in [0.4, 0.5) is 0 Å². The number of carbonyl (C=O) groups excluding carboxylic acids is 1. The van der Waals surface area contributed by atoms with E-state index in [1.54, 1.807) is 28.7 Å². The molecule has 2 aromatic carbocycles. The van der Waals surface area contributed by atoms with Crippen molar-refractivity contribution in [3.8, 4) is 11.7 Å². The molecule has 1 aliphatic rings. The number of carbonyl (C=O) groups is 1. The summed E-state index contributed by atoms with van der Waals surface area (Å²) in [7, 11) is 5.21. The van der Waals surface area contributed by atoms with Gasteiger partial charge in [0.25, 0.3) is 0 Å². The number of pyridine rings is 1. The third-order valence-electron chi connectivity index (χ3n) is 7.50. The first kappa shape index (κ1) is 27.4. The molecule has 0 amide bonds. The summed E-state index contributed by atoms with van der Waals surface area (Å²) in [6, 6.07) is 11.9. The Kier molecular flexibility index (Phi) is 7.27. The lowest BCUT2D eigenvalue weighted by molar-refractivity contribution is -0.610. The van der Waals surface area contributed by atoms with E-state index in [2.05, 4.69) is 28.6 Å². The van der Waals surface area contributed by atoms with Crippen molar-refractivity contribution in [2.45, 2.75) is 57.0 Å². The maximum Gasteiger partial charge on any atom is 0.402 e. The van der Waals surface area contributed by atoms with Crippen LogP contribution in [0.3, 0.4) is 0 Å². The standard InChI is InChI=1S/C29H30Cl2N3O2S2/c1-16-24(15-38-37-14-17-7-8-20(30)21(31)11-17)34(10-9-25(16)36-6)27-32-22-12-18-19(13-23(22)33-27)29(4,5)26(35)28(18,2)3/h7-13H,14-15H2,1-6H3,(H,32,33)/q+1. The maximum absolute atomic E-state index is 13.1. The summed E-state index contributed by atoms with van der Waals surface area (Å²) in [5.41, 5.74) is 6.12. The molecule has 4 aromatic rings. The van der Waals surface area contributed by atoms with Crippen LogP contribution in [0.1, 0.15) is 55.6 Å². The maximum atomic E-state index is 13.1. The monoisotopic (exact) mass is 586 g/mol. The van der Waals surface area contributed by atoms with Crippen LogP contribution in [0.2, 0.25) is 10.0 Å². The van der Waals surface area contributed by atoms with Crippen LogP contribution in [0.25, 0.3) is 17.0 Å². The second-order valence-corrected chi connectivity index (χ2v) is 13.9. The fourth-order valence-electron chi connectivity index (χ4n) is 5.33. The Balaban J connectivity index is 1.46. The van der Waals surface area contributed by atoms with Gasteiger partial charge >= 0.3 is 5.95 Å². The Hall–Kier alpha value is -2.19. The second-order valence-electron chi connectivity index (χ2n) is 10.7. The minimum Gasteiger partial charge on any atom is -0.496 e. The first-order chi connectivity index (χ1) is 17.9. The molecule has 2 aromatic heterocycles. The minimum absolute atomic E-state index is 0.241. The molecule has 0 unspecified atom stereocenters. The lowest BCUT2D eigenvalue weighted by atomic mass is 9.80. The van der Waals surface area contributed by atoms with E-state index >= 15 is 0 Å². The summed E-state index contributed by atoms with van der Waals surface area (Å²) in [5.74, 6) is 3.37. The molecule has 38 heavy (non-hydrogen) atoms. The van der Waals surface area contributed by atoms with Crippen molar-refractivity contribution in [1.82, 2.24) is 9.97 Å². The largest absolute Gasteiger partial charge is 0.496 e. The van der Waals surface area contributed by atoms with E-state index in [-0.39, 0.29) is 5.78 Å². The Morgan fingerprint density at radius 3 is 2.34 bits per heavy atom. The van der Waals surface area contributed by atoms with Crippen molar-refractivity contribution in [1.29, 1.82) is 0 Å². The van der Waals surface area contributed by atoms with Crippen LogP contribution in [-0.2, 0) is 27.1 Å².